The van der Waals surface area contributed by atoms with Crippen LogP contribution in [0.2, 0.25) is 15.1 Å². The lowest BCUT2D eigenvalue weighted by Gasteiger charge is -2.25. The first-order chi connectivity index (χ1) is 27.6. The first kappa shape index (κ1) is 38.2. The minimum atomic E-state index is -1.11. The van der Waals surface area contributed by atoms with Crippen molar-refractivity contribution in [3.63, 3.8) is 0 Å². The quantitative estimate of drug-likeness (QED) is 0.106. The molecule has 4 N–H and O–H groups in total. The highest BCUT2D eigenvalue weighted by Gasteiger charge is 2.30. The van der Waals surface area contributed by atoms with Gasteiger partial charge in [0.25, 0.3) is 0 Å². The molecule has 57 heavy (non-hydrogen) atoms. The fraction of sp³-hybridized carbons (Fsp3) is 0.0698. The zero-order chi connectivity index (χ0) is 39.8. The van der Waals surface area contributed by atoms with Gasteiger partial charge in [-0.2, -0.15) is 0 Å². The third-order valence-electron chi connectivity index (χ3n) is 9.51. The average Bonchev–Trinajstić information content (AvgIpc) is 3.23. The van der Waals surface area contributed by atoms with E-state index in [1.165, 1.54) is 12.3 Å². The summed E-state index contributed by atoms with van der Waals surface area (Å²) in [7, 11) is 1.56. The molecule has 0 saturated heterocycles. The number of aromatic hydroxyl groups is 2. The van der Waals surface area contributed by atoms with Crippen LogP contribution in [0.5, 0.6) is 17.2 Å². The highest BCUT2D eigenvalue weighted by Crippen LogP contribution is 2.46. The molecule has 4 aromatic carbocycles. The van der Waals surface area contributed by atoms with Gasteiger partial charge < -0.3 is 25.6 Å². The van der Waals surface area contributed by atoms with Crippen LogP contribution in [-0.2, 0) is 0 Å². The smallest absolute Gasteiger partial charge is 0.147 e. The SMILES string of the molecule is COc1ccc(Br)cc1C(Nc1ccccn1)c1cc(Cl)c2ccc(-c3ccc(Cl)c(C(Nc4ccccn4)c4cc(Cl)c5cccnc5c4O)c3F)nc2c1O. The Kier molecular flexibility index (Phi) is 10.7. The Labute approximate surface area is 349 Å². The Morgan fingerprint density at radius 3 is 1.95 bits per heavy atom. The number of rotatable bonds is 10. The van der Waals surface area contributed by atoms with Crippen molar-refractivity contribution < 1.29 is 19.3 Å². The third kappa shape index (κ3) is 7.35. The van der Waals surface area contributed by atoms with Crippen molar-refractivity contribution in [2.45, 2.75) is 12.1 Å². The highest BCUT2D eigenvalue weighted by atomic mass is 79.9. The normalized spacial score (nSPS) is 12.4. The third-order valence-corrected chi connectivity index (χ3v) is 11.0. The lowest BCUT2D eigenvalue weighted by molar-refractivity contribution is 0.407. The van der Waals surface area contributed by atoms with Crippen molar-refractivity contribution in [3.05, 3.63) is 169 Å². The summed E-state index contributed by atoms with van der Waals surface area (Å²) < 4.78 is 23.8. The molecule has 14 heteroatoms. The fourth-order valence-corrected chi connectivity index (χ4v) is 8.00. The zero-order valence-electron chi connectivity index (χ0n) is 29.7. The molecule has 8 rings (SSSR count). The number of methoxy groups -OCH3 is 1. The van der Waals surface area contributed by atoms with Gasteiger partial charge in [0.1, 0.15) is 45.7 Å². The van der Waals surface area contributed by atoms with Gasteiger partial charge in [-0.1, -0.05) is 62.9 Å². The molecular formula is C43H29BrCl3FN6O3. The van der Waals surface area contributed by atoms with Crippen LogP contribution in [0.15, 0.2) is 126 Å². The second-order valence-electron chi connectivity index (χ2n) is 12.9. The molecule has 0 amide bonds. The van der Waals surface area contributed by atoms with Gasteiger partial charge in [0.2, 0.25) is 0 Å². The van der Waals surface area contributed by atoms with Crippen LogP contribution in [0.4, 0.5) is 16.0 Å². The molecule has 8 aromatic rings. The topological polar surface area (TPSA) is 125 Å². The molecule has 0 saturated carbocycles. The van der Waals surface area contributed by atoms with Crippen LogP contribution in [0.1, 0.15) is 34.3 Å². The summed E-state index contributed by atoms with van der Waals surface area (Å²) in [6, 6.07) is 27.3. The number of phenolic OH excluding ortho intramolecular Hbond substituents is 2. The van der Waals surface area contributed by atoms with E-state index in [4.69, 9.17) is 44.5 Å². The van der Waals surface area contributed by atoms with Crippen LogP contribution in [0.25, 0.3) is 33.1 Å². The van der Waals surface area contributed by atoms with E-state index in [2.05, 4.69) is 41.5 Å². The van der Waals surface area contributed by atoms with E-state index in [-0.39, 0.29) is 49.9 Å². The number of ether oxygens (including phenoxy) is 1. The molecule has 0 aliphatic carbocycles. The average molecular weight is 883 g/mol. The number of nitrogens with zero attached hydrogens (tertiary/aromatic N) is 4. The number of aromatic nitrogens is 4. The Bertz CT molecular complexity index is 2800. The van der Waals surface area contributed by atoms with E-state index >= 15 is 4.39 Å². The van der Waals surface area contributed by atoms with Gasteiger partial charge in [0.05, 0.1) is 34.9 Å². The van der Waals surface area contributed by atoms with Crippen LogP contribution in [-0.4, -0.2) is 37.3 Å². The van der Waals surface area contributed by atoms with Crippen molar-refractivity contribution in [1.82, 2.24) is 19.9 Å². The Morgan fingerprint density at radius 2 is 1.28 bits per heavy atom. The molecule has 284 valence electrons. The van der Waals surface area contributed by atoms with Crippen molar-refractivity contribution in [3.8, 4) is 28.5 Å². The van der Waals surface area contributed by atoms with Gasteiger partial charge >= 0.3 is 0 Å². The molecule has 2 atom stereocenters. The highest BCUT2D eigenvalue weighted by molar-refractivity contribution is 9.10. The Hall–Kier alpha value is -5.72. The van der Waals surface area contributed by atoms with E-state index in [1.54, 1.807) is 92.3 Å². The summed E-state index contributed by atoms with van der Waals surface area (Å²) in [5, 5.41) is 31.9. The van der Waals surface area contributed by atoms with E-state index in [0.717, 1.165) is 4.47 Å². The maximum absolute atomic E-state index is 17.3. The van der Waals surface area contributed by atoms with Crippen LogP contribution in [0, 0.1) is 5.82 Å². The largest absolute Gasteiger partial charge is 0.505 e. The molecule has 0 aliphatic rings. The summed E-state index contributed by atoms with van der Waals surface area (Å²) in [5.41, 5.74) is 1.84. The van der Waals surface area contributed by atoms with Crippen molar-refractivity contribution >= 4 is 84.2 Å². The number of fused-ring (bicyclic) bond motifs is 2. The second-order valence-corrected chi connectivity index (χ2v) is 15.0. The van der Waals surface area contributed by atoms with Gasteiger partial charge in [-0.3, -0.25) is 4.98 Å². The lowest BCUT2D eigenvalue weighted by atomic mass is 9.93. The molecule has 0 fully saturated rings. The number of hydrogen-bond donors (Lipinski definition) is 4. The lowest BCUT2D eigenvalue weighted by Crippen LogP contribution is -2.16. The second kappa shape index (κ2) is 16.0. The number of halogens is 5. The number of benzene rings is 4. The number of phenols is 2. The summed E-state index contributed by atoms with van der Waals surface area (Å²) in [6.07, 6.45) is 4.76. The molecule has 0 aliphatic heterocycles. The predicted molar refractivity (Wildman–Crippen MR) is 227 cm³/mol. The summed E-state index contributed by atoms with van der Waals surface area (Å²) in [4.78, 5) is 18.0. The predicted octanol–water partition coefficient (Wildman–Crippen LogP) is 11.9. The number of hydrogen-bond acceptors (Lipinski definition) is 9. The molecule has 9 nitrogen and oxygen atoms in total. The van der Waals surface area contributed by atoms with E-state index in [1.807, 2.05) is 24.3 Å². The van der Waals surface area contributed by atoms with E-state index in [0.29, 0.717) is 49.3 Å². The first-order valence-electron chi connectivity index (χ1n) is 17.4. The van der Waals surface area contributed by atoms with Gasteiger partial charge in [-0.05, 0) is 91.0 Å². The van der Waals surface area contributed by atoms with Crippen LogP contribution in [0.3, 0.4) is 0 Å². The molecule has 0 spiro atoms. The summed E-state index contributed by atoms with van der Waals surface area (Å²) in [5.74, 6) is 0.307. The van der Waals surface area contributed by atoms with E-state index in [9.17, 15) is 10.2 Å². The van der Waals surface area contributed by atoms with Crippen LogP contribution < -0.4 is 15.4 Å². The Balaban J connectivity index is 1.30. The number of anilines is 2. The molecular weight excluding hydrogens is 854 g/mol. The number of nitrogens with one attached hydrogen (secondary N) is 2. The molecule has 0 radical (unpaired) electrons. The maximum Gasteiger partial charge on any atom is 0.147 e. The zero-order valence-corrected chi connectivity index (χ0v) is 33.5. The fourth-order valence-electron chi connectivity index (χ4n) is 6.83. The standard InChI is InChI=1S/C43H29BrCl3FN6O3/c1-57-33-15-10-22(44)19-26(33)38(53-34-8-2-4-16-49-34)27-20-31(47)24-12-14-32(52-41(24)43(27)56)25-11-13-29(45)36(37(25)48)39(54-35-9-3-5-17-50-35)28-21-30(46)23-7-6-18-51-40(23)42(28)55/h2-21,38-39,55-56H,1H3,(H,49,53)(H,50,54). The van der Waals surface area contributed by atoms with Crippen molar-refractivity contribution in [2.75, 3.05) is 17.7 Å². The number of pyridine rings is 4. The van der Waals surface area contributed by atoms with Gasteiger partial charge in [0, 0.05) is 66.7 Å². The monoisotopic (exact) mass is 880 g/mol. The van der Waals surface area contributed by atoms with Gasteiger partial charge in [-0.15, -0.1) is 0 Å². The Morgan fingerprint density at radius 1 is 0.649 bits per heavy atom. The minimum absolute atomic E-state index is 0.0132. The molecule has 4 aromatic heterocycles. The maximum atomic E-state index is 17.3. The summed E-state index contributed by atoms with van der Waals surface area (Å²) >= 11 is 24.0. The minimum Gasteiger partial charge on any atom is -0.505 e. The first-order valence-corrected chi connectivity index (χ1v) is 19.3. The molecule has 2 unspecified atom stereocenters. The van der Waals surface area contributed by atoms with Gasteiger partial charge in [0.15, 0.2) is 0 Å². The van der Waals surface area contributed by atoms with E-state index < -0.39 is 17.9 Å². The summed E-state index contributed by atoms with van der Waals surface area (Å²) in [6.45, 7) is 0. The molecule has 4 heterocycles. The van der Waals surface area contributed by atoms with Crippen molar-refractivity contribution in [1.29, 1.82) is 0 Å². The molecule has 0 bridgehead atoms. The van der Waals surface area contributed by atoms with Crippen molar-refractivity contribution in [2.24, 2.45) is 0 Å². The van der Waals surface area contributed by atoms with Gasteiger partial charge in [-0.25, -0.2) is 19.3 Å². The van der Waals surface area contributed by atoms with Crippen LogP contribution >= 0.6 is 50.7 Å².